The first-order valence-corrected chi connectivity index (χ1v) is 9.06. The van der Waals surface area contributed by atoms with Crippen molar-refractivity contribution in [2.45, 2.75) is 13.1 Å². The van der Waals surface area contributed by atoms with Crippen LogP contribution in [0.2, 0.25) is 5.02 Å². The summed E-state index contributed by atoms with van der Waals surface area (Å²) >= 11 is 6.04. The van der Waals surface area contributed by atoms with Gasteiger partial charge < -0.3 is 5.32 Å². The number of carbonyl (C=O) groups is 1. The van der Waals surface area contributed by atoms with Crippen LogP contribution in [0.4, 0.5) is 18.9 Å². The summed E-state index contributed by atoms with van der Waals surface area (Å²) in [6, 6.07) is 17.1. The van der Waals surface area contributed by atoms with E-state index in [4.69, 9.17) is 11.6 Å². The number of allylic oxidation sites excluding steroid dienone is 2. The minimum absolute atomic E-state index is 0.0487. The van der Waals surface area contributed by atoms with Gasteiger partial charge in [-0.05, 0) is 24.6 Å². The molecule has 3 nitrogen and oxygen atoms in total. The molecule has 29 heavy (non-hydrogen) atoms. The lowest BCUT2D eigenvalue weighted by molar-refractivity contribution is -0.578. The highest BCUT2D eigenvalue weighted by atomic mass is 35.5. The molecule has 0 bridgehead atoms. The Labute approximate surface area is 171 Å². The maximum absolute atomic E-state index is 14.1. The predicted octanol–water partition coefficient (Wildman–Crippen LogP) is 5.66. The van der Waals surface area contributed by atoms with Gasteiger partial charge in [-0.2, -0.15) is 17.7 Å². The van der Waals surface area contributed by atoms with Crippen LogP contribution < -0.4 is 9.88 Å². The van der Waals surface area contributed by atoms with Crippen LogP contribution in [0.3, 0.4) is 0 Å². The van der Waals surface area contributed by atoms with Crippen molar-refractivity contribution in [1.82, 2.24) is 0 Å². The van der Waals surface area contributed by atoms with E-state index in [1.807, 2.05) is 0 Å². The number of anilines is 1. The fourth-order valence-electron chi connectivity index (χ4n) is 2.70. The molecule has 0 atom stereocenters. The summed E-state index contributed by atoms with van der Waals surface area (Å²) in [6.45, 7) is 1.80. The van der Waals surface area contributed by atoms with Crippen LogP contribution in [0.1, 0.15) is 15.9 Å². The van der Waals surface area contributed by atoms with Gasteiger partial charge in [-0.25, -0.2) is 0 Å². The largest absolute Gasteiger partial charge is 0.438 e. The summed E-state index contributed by atoms with van der Waals surface area (Å²) in [5.41, 5.74) is -0.719. The van der Waals surface area contributed by atoms with E-state index >= 15 is 0 Å². The van der Waals surface area contributed by atoms with E-state index in [9.17, 15) is 18.0 Å². The highest BCUT2D eigenvalue weighted by Gasteiger charge is 2.44. The molecule has 7 heteroatoms. The highest BCUT2D eigenvalue weighted by molar-refractivity contribution is 6.33. The normalized spacial score (nSPS) is 12.3. The van der Waals surface area contributed by atoms with Crippen LogP contribution in [0.25, 0.3) is 5.70 Å². The Morgan fingerprint density at radius 3 is 2.10 bits per heavy atom. The second-order valence-electron chi connectivity index (χ2n) is 6.30. The van der Waals surface area contributed by atoms with Crippen LogP contribution in [-0.4, -0.2) is 12.0 Å². The van der Waals surface area contributed by atoms with Crippen molar-refractivity contribution in [2.24, 2.45) is 0 Å². The third-order valence-corrected chi connectivity index (χ3v) is 4.49. The van der Waals surface area contributed by atoms with E-state index < -0.39 is 23.4 Å². The Morgan fingerprint density at radius 1 is 0.931 bits per heavy atom. The number of para-hydroxylation sites is 1. The second kappa shape index (κ2) is 8.49. The van der Waals surface area contributed by atoms with Crippen molar-refractivity contribution in [3.63, 3.8) is 0 Å². The number of pyridine rings is 1. The highest BCUT2D eigenvalue weighted by Crippen LogP contribution is 2.33. The first-order valence-electron chi connectivity index (χ1n) is 8.68. The molecule has 0 radical (unpaired) electrons. The monoisotopic (exact) mass is 417 g/mol. The van der Waals surface area contributed by atoms with Gasteiger partial charge in [0, 0.05) is 17.7 Å². The number of rotatable bonds is 5. The Balaban J connectivity index is 2.25. The Morgan fingerprint density at radius 2 is 1.52 bits per heavy atom. The van der Waals surface area contributed by atoms with Gasteiger partial charge in [0.15, 0.2) is 18.1 Å². The number of halogens is 4. The maximum atomic E-state index is 14.1. The lowest BCUT2D eigenvalue weighted by Crippen LogP contribution is -2.40. The van der Waals surface area contributed by atoms with Crippen LogP contribution in [-0.2, 0) is 0 Å². The van der Waals surface area contributed by atoms with Crippen molar-refractivity contribution in [3.05, 3.63) is 101 Å². The summed E-state index contributed by atoms with van der Waals surface area (Å²) in [6.07, 6.45) is -1.99. The molecule has 1 heterocycles. The Bertz CT molecular complexity index is 1050. The molecule has 0 spiro atoms. The number of nitrogens with one attached hydrogen (secondary N) is 1. The molecule has 0 unspecified atom stereocenters. The van der Waals surface area contributed by atoms with E-state index in [0.717, 1.165) is 10.1 Å². The van der Waals surface area contributed by atoms with E-state index in [-0.39, 0.29) is 16.3 Å². The first-order chi connectivity index (χ1) is 13.8. The predicted molar refractivity (Wildman–Crippen MR) is 106 cm³/mol. The van der Waals surface area contributed by atoms with Gasteiger partial charge in [0.2, 0.25) is 0 Å². The number of aryl methyl sites for hydroxylation is 1. The minimum atomic E-state index is -4.84. The molecular formula is C22H17ClF3N2O+. The Hall–Kier alpha value is -3.12. The van der Waals surface area contributed by atoms with Gasteiger partial charge in [-0.15, -0.1) is 0 Å². The average molecular weight is 418 g/mol. The minimum Gasteiger partial charge on any atom is -0.345 e. The van der Waals surface area contributed by atoms with Gasteiger partial charge in [-0.3, -0.25) is 4.79 Å². The SMILES string of the molecule is Cc1cc[n+](C(C(=O)c2ccccc2)=C(Nc2ccccc2Cl)C(F)(F)F)cc1. The van der Waals surface area contributed by atoms with Crippen molar-refractivity contribution in [3.8, 4) is 0 Å². The van der Waals surface area contributed by atoms with Crippen LogP contribution in [0.15, 0.2) is 84.8 Å². The molecule has 1 aromatic heterocycles. The molecular weight excluding hydrogens is 401 g/mol. The van der Waals surface area contributed by atoms with Crippen LogP contribution in [0, 0.1) is 6.92 Å². The molecule has 0 aliphatic heterocycles. The lowest BCUT2D eigenvalue weighted by atomic mass is 10.1. The molecule has 2 aromatic carbocycles. The van der Waals surface area contributed by atoms with Crippen molar-refractivity contribution in [1.29, 1.82) is 0 Å². The zero-order valence-corrected chi connectivity index (χ0v) is 16.1. The smallest absolute Gasteiger partial charge is 0.345 e. The number of hydrogen-bond acceptors (Lipinski definition) is 2. The quantitative estimate of drug-likeness (QED) is 0.330. The molecule has 0 aliphatic carbocycles. The fourth-order valence-corrected chi connectivity index (χ4v) is 2.88. The third-order valence-electron chi connectivity index (χ3n) is 4.16. The number of Topliss-reactive ketones (excluding diaryl/α,β-unsaturated/α-hetero) is 1. The van der Waals surface area contributed by atoms with Crippen molar-refractivity contribution < 1.29 is 22.5 Å². The number of hydrogen-bond donors (Lipinski definition) is 1. The molecule has 0 amide bonds. The van der Waals surface area contributed by atoms with Crippen LogP contribution in [0.5, 0.6) is 0 Å². The summed E-state index contributed by atoms with van der Waals surface area (Å²) in [7, 11) is 0. The molecule has 148 valence electrons. The first kappa shape index (κ1) is 20.6. The van der Waals surface area contributed by atoms with Crippen LogP contribution >= 0.6 is 11.6 Å². The lowest BCUT2D eigenvalue weighted by Gasteiger charge is -2.16. The van der Waals surface area contributed by atoms with E-state index in [2.05, 4.69) is 5.32 Å². The molecule has 0 saturated carbocycles. The summed E-state index contributed by atoms with van der Waals surface area (Å²) in [5.74, 6) is -0.772. The standard InChI is InChI=1S/C22H16ClF3N2O/c1-15-11-13-28(14-12-15)19(20(29)16-7-3-2-4-8-16)21(22(24,25)26)27-18-10-6-5-9-17(18)23/h2-14H,1H3/p+1. The number of aromatic nitrogens is 1. The average Bonchev–Trinajstić information content (AvgIpc) is 2.70. The molecule has 0 saturated heterocycles. The molecule has 3 aromatic rings. The van der Waals surface area contributed by atoms with E-state index in [0.29, 0.717) is 0 Å². The Kier molecular flexibility index (Phi) is 6.03. The fraction of sp³-hybridized carbons (Fsp3) is 0.0909. The topological polar surface area (TPSA) is 33.0 Å². The number of ketones is 1. The maximum Gasteiger partial charge on any atom is 0.438 e. The van der Waals surface area contributed by atoms with Gasteiger partial charge >= 0.3 is 6.18 Å². The van der Waals surface area contributed by atoms with Gasteiger partial charge in [0.1, 0.15) is 0 Å². The molecule has 0 aliphatic rings. The number of carbonyl (C=O) groups excluding carboxylic acids is 1. The van der Waals surface area contributed by atoms with Crippen molar-refractivity contribution in [2.75, 3.05) is 5.32 Å². The van der Waals surface area contributed by atoms with Gasteiger partial charge in [-0.1, -0.05) is 54.1 Å². The van der Waals surface area contributed by atoms with Gasteiger partial charge in [0.05, 0.1) is 10.7 Å². The third kappa shape index (κ3) is 4.84. The zero-order chi connectivity index (χ0) is 21.0. The zero-order valence-electron chi connectivity index (χ0n) is 15.4. The number of alkyl halides is 3. The second-order valence-corrected chi connectivity index (χ2v) is 6.71. The summed E-state index contributed by atoms with van der Waals surface area (Å²) in [4.78, 5) is 13.1. The number of nitrogens with zero attached hydrogens (tertiary/aromatic N) is 1. The number of benzene rings is 2. The van der Waals surface area contributed by atoms with E-state index in [1.54, 1.807) is 49.4 Å². The summed E-state index contributed by atoms with van der Waals surface area (Å²) < 4.78 is 43.5. The summed E-state index contributed by atoms with van der Waals surface area (Å²) in [5, 5.41) is 2.44. The van der Waals surface area contributed by atoms with Gasteiger partial charge in [0.25, 0.3) is 11.5 Å². The van der Waals surface area contributed by atoms with E-state index in [1.165, 1.54) is 36.7 Å². The van der Waals surface area contributed by atoms with Crippen molar-refractivity contribution >= 4 is 28.8 Å². The molecule has 1 N–H and O–H groups in total. The molecule has 3 rings (SSSR count). The molecule has 0 fully saturated rings.